The van der Waals surface area contributed by atoms with Gasteiger partial charge in [0.15, 0.2) is 0 Å². The van der Waals surface area contributed by atoms with E-state index < -0.39 is 44.5 Å². The lowest BCUT2D eigenvalue weighted by Crippen LogP contribution is -2.54. The molecule has 1 aliphatic carbocycles. The van der Waals surface area contributed by atoms with E-state index in [9.17, 15) is 16.8 Å². The maximum atomic E-state index is 13.6. The Morgan fingerprint density at radius 3 is 1.31 bits per heavy atom. The zero-order valence-corrected chi connectivity index (χ0v) is 25.6. The fourth-order valence-electron chi connectivity index (χ4n) is 5.59. The van der Waals surface area contributed by atoms with E-state index >= 15 is 0 Å². The molecule has 0 saturated heterocycles. The Labute approximate surface area is 247 Å². The Morgan fingerprint density at radius 2 is 0.929 bits per heavy atom. The molecule has 0 heterocycles. The highest BCUT2D eigenvalue weighted by atomic mass is 32.2. The Morgan fingerprint density at radius 1 is 0.571 bits per heavy atom. The van der Waals surface area contributed by atoms with E-state index in [1.165, 1.54) is 12.1 Å². The summed E-state index contributed by atoms with van der Waals surface area (Å²) in [5, 5.41) is 2.52. The Kier molecular flexibility index (Phi) is 8.23. The summed E-state index contributed by atoms with van der Waals surface area (Å²) < 4.78 is 65.7. The molecule has 0 amide bonds. The van der Waals surface area contributed by atoms with Crippen molar-refractivity contribution < 1.29 is 25.2 Å². The van der Waals surface area contributed by atoms with Gasteiger partial charge in [-0.05, 0) is 30.7 Å². The number of anilines is 2. The Bertz CT molecular complexity index is 1710. The third-order valence-corrected chi connectivity index (χ3v) is 10.5. The molecule has 4 aromatic rings. The first kappa shape index (κ1) is 30.2. The number of hydrogen-bond donors (Lipinski definition) is 2. The second-order valence-corrected chi connectivity index (χ2v) is 14.1. The molecule has 12 heteroatoms. The summed E-state index contributed by atoms with van der Waals surface area (Å²) in [6.07, 6.45) is -2.10. The molecule has 0 radical (unpaired) electrons. The van der Waals surface area contributed by atoms with Gasteiger partial charge in [-0.15, -0.1) is 0 Å². The quantitative estimate of drug-likeness (QED) is 0.284. The van der Waals surface area contributed by atoms with Crippen molar-refractivity contribution in [3.05, 3.63) is 72.8 Å². The van der Waals surface area contributed by atoms with Gasteiger partial charge < -0.3 is 21.3 Å². The minimum Gasteiger partial charge on any atom is -0.377 e. The number of benzene rings is 4. The van der Waals surface area contributed by atoms with Gasteiger partial charge in [0.05, 0.1) is 12.2 Å². The van der Waals surface area contributed by atoms with Gasteiger partial charge in [0.25, 0.3) is 20.2 Å². The van der Waals surface area contributed by atoms with Crippen molar-refractivity contribution >= 4 is 53.2 Å². The largest absolute Gasteiger partial charge is 0.377 e. The highest BCUT2D eigenvalue weighted by molar-refractivity contribution is 7.87. The highest BCUT2D eigenvalue weighted by Gasteiger charge is 2.40. The predicted molar refractivity (Wildman–Crippen MR) is 166 cm³/mol. The summed E-state index contributed by atoms with van der Waals surface area (Å²) in [6, 6.07) is 19.3. The van der Waals surface area contributed by atoms with E-state index in [-0.39, 0.29) is 22.6 Å². The fraction of sp³-hybridized carbons (Fsp3) is 0.333. The maximum Gasteiger partial charge on any atom is 0.297 e. The molecule has 5 rings (SSSR count). The summed E-state index contributed by atoms with van der Waals surface area (Å²) in [4.78, 5) is 3.81. The standard InChI is InChI=1S/C30H36N4O6S2/c1-33(2)25-13-5-11-21-19(25)9-7-15-29(21)41(35,36)39-27-18-28(24(32)17-23(27)31)40-42(37,38)30-16-8-10-20-22(30)12-6-14-26(20)34(3)4/h5-16,23-24,27-28H,17-18,31-32H2,1-4H3/t23-,24+,27-,28+. The Hall–Kier alpha value is -3.26. The number of nitrogens with two attached hydrogens (primary N) is 2. The van der Waals surface area contributed by atoms with E-state index in [1.54, 1.807) is 36.4 Å². The van der Waals surface area contributed by atoms with E-state index in [4.69, 9.17) is 19.8 Å². The van der Waals surface area contributed by atoms with Crippen LogP contribution in [0.15, 0.2) is 82.6 Å². The molecular formula is C30H36N4O6S2. The van der Waals surface area contributed by atoms with Gasteiger partial charge in [-0.3, -0.25) is 8.37 Å². The lowest BCUT2D eigenvalue weighted by Gasteiger charge is -2.37. The minimum absolute atomic E-state index is 0.00307. The van der Waals surface area contributed by atoms with Gasteiger partial charge in [0.2, 0.25) is 0 Å². The van der Waals surface area contributed by atoms with Crippen molar-refractivity contribution in [2.45, 2.75) is 46.9 Å². The predicted octanol–water partition coefficient (Wildman–Crippen LogP) is 3.42. The number of hydrogen-bond acceptors (Lipinski definition) is 10. The molecule has 10 nitrogen and oxygen atoms in total. The molecule has 42 heavy (non-hydrogen) atoms. The van der Waals surface area contributed by atoms with Crippen LogP contribution in [0.4, 0.5) is 11.4 Å². The average molecular weight is 613 g/mol. The van der Waals surface area contributed by atoms with Crippen LogP contribution in [0.1, 0.15) is 12.8 Å². The van der Waals surface area contributed by atoms with Crippen LogP contribution in [0, 0.1) is 0 Å². The first-order valence-electron chi connectivity index (χ1n) is 13.6. The second-order valence-electron chi connectivity index (χ2n) is 11.0. The highest BCUT2D eigenvalue weighted by Crippen LogP contribution is 2.35. The van der Waals surface area contributed by atoms with Crippen molar-refractivity contribution in [3.63, 3.8) is 0 Å². The van der Waals surface area contributed by atoms with E-state index in [1.807, 2.05) is 62.3 Å². The molecule has 0 aliphatic heterocycles. The molecule has 1 fully saturated rings. The smallest absolute Gasteiger partial charge is 0.297 e. The van der Waals surface area contributed by atoms with Crippen LogP contribution >= 0.6 is 0 Å². The van der Waals surface area contributed by atoms with E-state index in [0.29, 0.717) is 10.8 Å². The van der Waals surface area contributed by atoms with Crippen molar-refractivity contribution in [2.24, 2.45) is 11.5 Å². The third kappa shape index (κ3) is 5.70. The molecule has 0 unspecified atom stereocenters. The second kappa shape index (κ2) is 11.4. The molecule has 0 bridgehead atoms. The molecular weight excluding hydrogens is 576 g/mol. The Balaban J connectivity index is 1.43. The van der Waals surface area contributed by atoms with Crippen LogP contribution in [0.2, 0.25) is 0 Å². The van der Waals surface area contributed by atoms with Crippen LogP contribution in [0.5, 0.6) is 0 Å². The number of rotatable bonds is 8. The maximum absolute atomic E-state index is 13.6. The van der Waals surface area contributed by atoms with Gasteiger partial charge in [0.1, 0.15) is 9.79 Å². The van der Waals surface area contributed by atoms with Gasteiger partial charge in [-0.25, -0.2) is 0 Å². The van der Waals surface area contributed by atoms with E-state index in [2.05, 4.69) is 0 Å². The first-order chi connectivity index (χ1) is 19.8. The van der Waals surface area contributed by atoms with Gasteiger partial charge in [-0.2, -0.15) is 16.8 Å². The number of nitrogens with zero attached hydrogens (tertiary/aromatic N) is 2. The number of fused-ring (bicyclic) bond motifs is 2. The van der Waals surface area contributed by atoms with Crippen molar-refractivity contribution in [1.82, 2.24) is 0 Å². The van der Waals surface area contributed by atoms with Crippen LogP contribution in [0.3, 0.4) is 0 Å². The monoisotopic (exact) mass is 612 g/mol. The lowest BCUT2D eigenvalue weighted by molar-refractivity contribution is 0.0476. The van der Waals surface area contributed by atoms with Crippen LogP contribution in [0.25, 0.3) is 21.5 Å². The van der Waals surface area contributed by atoms with Gasteiger partial charge in [-0.1, -0.05) is 48.5 Å². The van der Waals surface area contributed by atoms with Crippen LogP contribution < -0.4 is 21.3 Å². The summed E-state index contributed by atoms with van der Waals surface area (Å²) in [5.41, 5.74) is 14.3. The lowest BCUT2D eigenvalue weighted by atomic mass is 9.87. The molecule has 0 spiro atoms. The zero-order valence-electron chi connectivity index (χ0n) is 24.0. The van der Waals surface area contributed by atoms with Crippen molar-refractivity contribution in [3.8, 4) is 0 Å². The molecule has 0 aromatic heterocycles. The van der Waals surface area contributed by atoms with Crippen molar-refractivity contribution in [1.29, 1.82) is 0 Å². The third-order valence-electron chi connectivity index (χ3n) is 7.68. The van der Waals surface area contributed by atoms with Crippen LogP contribution in [-0.4, -0.2) is 69.3 Å². The summed E-state index contributed by atoms with van der Waals surface area (Å²) in [5.74, 6) is 0. The average Bonchev–Trinajstić information content (AvgIpc) is 2.93. The molecule has 4 atom stereocenters. The van der Waals surface area contributed by atoms with Gasteiger partial charge in [0, 0.05) is 79.6 Å². The van der Waals surface area contributed by atoms with Gasteiger partial charge >= 0.3 is 0 Å². The normalized spacial score (nSPS) is 21.5. The van der Waals surface area contributed by atoms with Crippen molar-refractivity contribution in [2.75, 3.05) is 38.0 Å². The topological polar surface area (TPSA) is 145 Å². The molecule has 4 aromatic carbocycles. The van der Waals surface area contributed by atoms with E-state index in [0.717, 1.165) is 22.1 Å². The van der Waals surface area contributed by atoms with Crippen LogP contribution in [-0.2, 0) is 28.6 Å². The summed E-state index contributed by atoms with van der Waals surface area (Å²) in [6.45, 7) is 0. The summed E-state index contributed by atoms with van der Waals surface area (Å²) >= 11 is 0. The fourth-order valence-corrected chi connectivity index (χ4v) is 8.28. The molecule has 4 N–H and O–H groups in total. The minimum atomic E-state index is -4.29. The SMILES string of the molecule is CN(C)c1cccc2c(S(=O)(=O)O[C@H]3C[C@@H](OS(=O)(=O)c4cccc5c(N(C)C)cccc45)[C@H](N)C[C@@H]3N)cccc12. The first-order valence-corrected chi connectivity index (χ1v) is 16.4. The molecule has 1 saturated carbocycles. The molecule has 224 valence electrons. The molecule has 1 aliphatic rings. The summed E-state index contributed by atoms with van der Waals surface area (Å²) in [7, 11) is -1.06. The zero-order chi connectivity index (χ0) is 30.4.